The number of benzene rings is 1. The van der Waals surface area contributed by atoms with Gasteiger partial charge in [0.15, 0.2) is 5.96 Å². The van der Waals surface area contributed by atoms with Crippen LogP contribution in [0.25, 0.3) is 0 Å². The van der Waals surface area contributed by atoms with Gasteiger partial charge in [0.25, 0.3) is 0 Å². The molecule has 158 valence electrons. The Morgan fingerprint density at radius 2 is 2.10 bits per heavy atom. The summed E-state index contributed by atoms with van der Waals surface area (Å²) in [7, 11) is 3.87. The Balaban J connectivity index is 1.66. The fourth-order valence-electron chi connectivity index (χ4n) is 3.55. The summed E-state index contributed by atoms with van der Waals surface area (Å²) in [6, 6.07) is 5.32. The van der Waals surface area contributed by atoms with E-state index >= 15 is 0 Å². The van der Waals surface area contributed by atoms with Crippen molar-refractivity contribution in [2.24, 2.45) is 12.0 Å². The molecule has 2 aromatic rings. The van der Waals surface area contributed by atoms with E-state index in [9.17, 15) is 9.50 Å². The van der Waals surface area contributed by atoms with Crippen molar-refractivity contribution in [2.45, 2.75) is 39.0 Å². The quantitative estimate of drug-likeness (QED) is 0.572. The standard InChI is InChI=1S/C21H31FN6O/c1-4-23-21(26(2)14-17-13-25-27(3)15-17)24-12-16-5-6-20(19(22)11-16)28-9-7-18(29)8-10-28/h5-6,11,13,15,18,29H,4,7-10,12,14H2,1-3H3,(H,23,24). The van der Waals surface area contributed by atoms with Crippen LogP contribution in [-0.2, 0) is 20.1 Å². The molecule has 0 unspecified atom stereocenters. The highest BCUT2D eigenvalue weighted by Crippen LogP contribution is 2.24. The van der Waals surface area contributed by atoms with E-state index in [1.54, 1.807) is 10.7 Å². The number of aliphatic hydroxyl groups excluding tert-OH is 1. The fraction of sp³-hybridized carbons (Fsp3) is 0.524. The lowest BCUT2D eigenvalue weighted by Gasteiger charge is -2.31. The Morgan fingerprint density at radius 1 is 1.34 bits per heavy atom. The van der Waals surface area contributed by atoms with Gasteiger partial charge in [-0.25, -0.2) is 9.38 Å². The zero-order chi connectivity index (χ0) is 20.8. The molecule has 0 bridgehead atoms. The molecule has 0 atom stereocenters. The van der Waals surface area contributed by atoms with E-state index < -0.39 is 0 Å². The minimum absolute atomic E-state index is 0.234. The third kappa shape index (κ3) is 5.69. The van der Waals surface area contributed by atoms with E-state index in [4.69, 9.17) is 0 Å². The average molecular weight is 403 g/mol. The highest BCUT2D eigenvalue weighted by atomic mass is 19.1. The van der Waals surface area contributed by atoms with Crippen LogP contribution in [0.15, 0.2) is 35.6 Å². The second-order valence-corrected chi connectivity index (χ2v) is 7.55. The molecule has 7 nitrogen and oxygen atoms in total. The van der Waals surface area contributed by atoms with Crippen LogP contribution >= 0.6 is 0 Å². The summed E-state index contributed by atoms with van der Waals surface area (Å²) in [5, 5.41) is 17.1. The topological polar surface area (TPSA) is 68.9 Å². The van der Waals surface area contributed by atoms with Gasteiger partial charge < -0.3 is 20.2 Å². The van der Waals surface area contributed by atoms with Gasteiger partial charge in [-0.05, 0) is 37.5 Å². The number of aliphatic imine (C=N–C) groups is 1. The molecule has 1 aromatic carbocycles. The molecular formula is C21H31FN6O. The first-order valence-corrected chi connectivity index (χ1v) is 10.1. The van der Waals surface area contributed by atoms with Gasteiger partial charge in [0, 0.05) is 52.0 Å². The van der Waals surface area contributed by atoms with Gasteiger partial charge in [-0.3, -0.25) is 4.68 Å². The van der Waals surface area contributed by atoms with E-state index in [-0.39, 0.29) is 11.9 Å². The van der Waals surface area contributed by atoms with E-state index in [2.05, 4.69) is 15.4 Å². The third-order valence-electron chi connectivity index (χ3n) is 5.10. The zero-order valence-electron chi connectivity index (χ0n) is 17.5. The van der Waals surface area contributed by atoms with E-state index in [1.807, 2.05) is 55.3 Å². The monoisotopic (exact) mass is 402 g/mol. The number of aromatic nitrogens is 2. The zero-order valence-corrected chi connectivity index (χ0v) is 17.5. The lowest BCUT2D eigenvalue weighted by Crippen LogP contribution is -2.38. The summed E-state index contributed by atoms with van der Waals surface area (Å²) in [5.41, 5.74) is 2.53. The van der Waals surface area contributed by atoms with Crippen molar-refractivity contribution in [1.82, 2.24) is 20.0 Å². The molecule has 1 fully saturated rings. The van der Waals surface area contributed by atoms with Crippen LogP contribution in [0.3, 0.4) is 0 Å². The van der Waals surface area contributed by atoms with Crippen molar-refractivity contribution in [2.75, 3.05) is 31.6 Å². The number of halogens is 1. The molecule has 1 aliphatic heterocycles. The molecule has 0 amide bonds. The molecule has 1 aromatic heterocycles. The van der Waals surface area contributed by atoms with Gasteiger partial charge in [-0.2, -0.15) is 5.10 Å². The normalized spacial score (nSPS) is 15.6. The summed E-state index contributed by atoms with van der Waals surface area (Å²) in [5.74, 6) is 0.536. The Morgan fingerprint density at radius 3 is 2.72 bits per heavy atom. The van der Waals surface area contributed by atoms with Gasteiger partial charge in [-0.15, -0.1) is 0 Å². The number of piperidine rings is 1. The minimum atomic E-state index is -0.268. The molecule has 29 heavy (non-hydrogen) atoms. The number of rotatable bonds is 6. The predicted molar refractivity (Wildman–Crippen MR) is 113 cm³/mol. The van der Waals surface area contributed by atoms with Gasteiger partial charge >= 0.3 is 0 Å². The molecule has 0 spiro atoms. The molecule has 0 radical (unpaired) electrons. The van der Waals surface area contributed by atoms with Crippen LogP contribution in [0, 0.1) is 5.82 Å². The number of guanidine groups is 1. The Bertz CT molecular complexity index is 828. The highest BCUT2D eigenvalue weighted by molar-refractivity contribution is 5.79. The molecule has 1 saturated heterocycles. The second-order valence-electron chi connectivity index (χ2n) is 7.55. The van der Waals surface area contributed by atoms with Gasteiger partial charge in [0.05, 0.1) is 24.5 Å². The van der Waals surface area contributed by atoms with Crippen molar-refractivity contribution < 1.29 is 9.50 Å². The number of aliphatic hydroxyl groups is 1. The van der Waals surface area contributed by atoms with Crippen LogP contribution in [-0.4, -0.2) is 58.5 Å². The summed E-state index contributed by atoms with van der Waals surface area (Å²) in [6.07, 6.45) is 4.92. The maximum Gasteiger partial charge on any atom is 0.194 e. The minimum Gasteiger partial charge on any atom is -0.393 e. The molecular weight excluding hydrogens is 371 g/mol. The summed E-state index contributed by atoms with van der Waals surface area (Å²) in [6.45, 7) is 5.23. The number of nitrogens with one attached hydrogen (secondary N) is 1. The van der Waals surface area contributed by atoms with Gasteiger partial charge in [0.1, 0.15) is 5.82 Å². The van der Waals surface area contributed by atoms with Gasteiger partial charge in [0.2, 0.25) is 0 Å². The lowest BCUT2D eigenvalue weighted by molar-refractivity contribution is 0.145. The first-order chi connectivity index (χ1) is 14.0. The van der Waals surface area contributed by atoms with Crippen LogP contribution in [0.4, 0.5) is 10.1 Å². The Kier molecular flexibility index (Phi) is 7.09. The van der Waals surface area contributed by atoms with Gasteiger partial charge in [-0.1, -0.05) is 6.07 Å². The Labute approximate surface area is 171 Å². The first kappa shape index (κ1) is 21.1. The predicted octanol–water partition coefficient (Wildman–Crippen LogP) is 2.12. The van der Waals surface area contributed by atoms with Crippen LogP contribution in [0.2, 0.25) is 0 Å². The smallest absolute Gasteiger partial charge is 0.194 e. The SMILES string of the molecule is CCNC(=NCc1ccc(N2CCC(O)CC2)c(F)c1)N(C)Cc1cnn(C)c1. The lowest BCUT2D eigenvalue weighted by atomic mass is 10.1. The summed E-state index contributed by atoms with van der Waals surface area (Å²) >= 11 is 0. The summed E-state index contributed by atoms with van der Waals surface area (Å²) in [4.78, 5) is 8.70. The third-order valence-corrected chi connectivity index (χ3v) is 5.10. The maximum absolute atomic E-state index is 14.7. The maximum atomic E-state index is 14.7. The van der Waals surface area contributed by atoms with E-state index in [0.717, 1.165) is 23.6 Å². The van der Waals surface area contributed by atoms with Crippen LogP contribution < -0.4 is 10.2 Å². The van der Waals surface area contributed by atoms with Crippen molar-refractivity contribution in [1.29, 1.82) is 0 Å². The second kappa shape index (κ2) is 9.73. The van der Waals surface area contributed by atoms with E-state index in [0.29, 0.717) is 44.7 Å². The van der Waals surface area contributed by atoms with Crippen LogP contribution in [0.5, 0.6) is 0 Å². The van der Waals surface area contributed by atoms with Crippen molar-refractivity contribution in [3.05, 3.63) is 47.5 Å². The van der Waals surface area contributed by atoms with E-state index in [1.165, 1.54) is 0 Å². The number of anilines is 1. The molecule has 2 N–H and O–H groups in total. The van der Waals surface area contributed by atoms with Crippen molar-refractivity contribution in [3.63, 3.8) is 0 Å². The number of hydrogen-bond acceptors (Lipinski definition) is 4. The van der Waals surface area contributed by atoms with Crippen LogP contribution in [0.1, 0.15) is 30.9 Å². The average Bonchev–Trinajstić information content (AvgIpc) is 3.10. The van der Waals surface area contributed by atoms with Crippen molar-refractivity contribution in [3.8, 4) is 0 Å². The van der Waals surface area contributed by atoms with Crippen molar-refractivity contribution >= 4 is 11.6 Å². The highest BCUT2D eigenvalue weighted by Gasteiger charge is 2.19. The summed E-state index contributed by atoms with van der Waals surface area (Å²) < 4.78 is 16.4. The molecule has 0 aliphatic carbocycles. The molecule has 2 heterocycles. The first-order valence-electron chi connectivity index (χ1n) is 10.1. The number of nitrogens with zero attached hydrogens (tertiary/aromatic N) is 5. The largest absolute Gasteiger partial charge is 0.393 e. The number of hydrogen-bond donors (Lipinski definition) is 2. The Hall–Kier alpha value is -2.61. The molecule has 0 saturated carbocycles. The molecule has 3 rings (SSSR count). The molecule has 8 heteroatoms. The fourth-order valence-corrected chi connectivity index (χ4v) is 3.55. The number of aryl methyl sites for hydroxylation is 1. The molecule has 1 aliphatic rings.